The summed E-state index contributed by atoms with van der Waals surface area (Å²) in [6, 6.07) is 10.8. The lowest BCUT2D eigenvalue weighted by molar-refractivity contribution is -0.120. The van der Waals surface area contributed by atoms with Crippen LogP contribution in [0.15, 0.2) is 47.4 Å². The zero-order valence-corrected chi connectivity index (χ0v) is 17.2. The first-order chi connectivity index (χ1) is 12.8. The summed E-state index contributed by atoms with van der Waals surface area (Å²) < 4.78 is 27.0. The molecule has 27 heavy (non-hydrogen) atoms. The molecule has 1 aliphatic heterocycles. The highest BCUT2D eigenvalue weighted by Crippen LogP contribution is 2.27. The molecule has 2 aromatic carbocycles. The van der Waals surface area contributed by atoms with Crippen molar-refractivity contribution < 1.29 is 13.2 Å². The summed E-state index contributed by atoms with van der Waals surface area (Å²) in [4.78, 5) is 12.8. The molecule has 1 fully saturated rings. The largest absolute Gasteiger partial charge is 0.326 e. The summed E-state index contributed by atoms with van der Waals surface area (Å²) >= 11 is 17.7. The lowest BCUT2D eigenvalue weighted by Gasteiger charge is -2.31. The molecule has 0 aromatic heterocycles. The van der Waals surface area contributed by atoms with E-state index in [0.717, 1.165) is 0 Å². The quantitative estimate of drug-likeness (QED) is 0.739. The Bertz CT molecular complexity index is 929. The standard InChI is InChI=1S/C18H17Cl3N2O3S/c19-13-3-5-17(6-4-13)27(25,26)23-7-1-2-12(11-23)18(24)22-16-9-14(20)8-15(21)10-16/h3-6,8-10,12H,1-2,7,11H2,(H,22,24)/t12-/m1/s1. The Morgan fingerprint density at radius 2 is 1.63 bits per heavy atom. The van der Waals surface area contributed by atoms with Crippen molar-refractivity contribution in [3.8, 4) is 0 Å². The normalized spacial score (nSPS) is 18.3. The Kier molecular flexibility index (Phi) is 6.33. The number of anilines is 1. The Labute approximate surface area is 173 Å². The van der Waals surface area contributed by atoms with E-state index < -0.39 is 15.9 Å². The van der Waals surface area contributed by atoms with Crippen LogP contribution in [0.25, 0.3) is 0 Å². The Balaban J connectivity index is 1.73. The van der Waals surface area contributed by atoms with E-state index in [1.54, 1.807) is 18.2 Å². The molecule has 0 aliphatic carbocycles. The van der Waals surface area contributed by atoms with E-state index in [0.29, 0.717) is 40.1 Å². The van der Waals surface area contributed by atoms with Crippen LogP contribution in [-0.4, -0.2) is 31.7 Å². The van der Waals surface area contributed by atoms with Crippen molar-refractivity contribution in [3.05, 3.63) is 57.5 Å². The van der Waals surface area contributed by atoms with Crippen LogP contribution < -0.4 is 5.32 Å². The number of nitrogens with zero attached hydrogens (tertiary/aromatic N) is 1. The van der Waals surface area contributed by atoms with Crippen LogP contribution in [0.2, 0.25) is 15.1 Å². The van der Waals surface area contributed by atoms with E-state index in [1.807, 2.05) is 0 Å². The third kappa shape index (κ3) is 4.95. The van der Waals surface area contributed by atoms with E-state index in [1.165, 1.54) is 28.6 Å². The maximum Gasteiger partial charge on any atom is 0.243 e. The fourth-order valence-corrected chi connectivity index (χ4v) is 5.18. The molecule has 9 heteroatoms. The number of halogens is 3. The Morgan fingerprint density at radius 1 is 1.00 bits per heavy atom. The minimum absolute atomic E-state index is 0.116. The van der Waals surface area contributed by atoms with Crippen molar-refractivity contribution in [2.75, 3.05) is 18.4 Å². The molecule has 0 spiro atoms. The summed E-state index contributed by atoms with van der Waals surface area (Å²) in [5, 5.41) is 4.05. The number of nitrogens with one attached hydrogen (secondary N) is 1. The highest BCUT2D eigenvalue weighted by Gasteiger charge is 2.33. The van der Waals surface area contributed by atoms with Gasteiger partial charge in [0, 0.05) is 33.8 Å². The molecule has 144 valence electrons. The predicted octanol–water partition coefficient (Wildman–Crippen LogP) is 4.69. The number of piperidine rings is 1. The SMILES string of the molecule is O=C(Nc1cc(Cl)cc(Cl)c1)[C@@H]1CCCN(S(=O)(=O)c2ccc(Cl)cc2)C1. The number of rotatable bonds is 4. The molecule has 1 heterocycles. The van der Waals surface area contributed by atoms with E-state index in [4.69, 9.17) is 34.8 Å². The van der Waals surface area contributed by atoms with Crippen molar-refractivity contribution >= 4 is 56.4 Å². The van der Waals surface area contributed by atoms with Gasteiger partial charge in [0.1, 0.15) is 0 Å². The second-order valence-electron chi connectivity index (χ2n) is 6.30. The molecule has 1 atom stereocenters. The Hall–Kier alpha value is -1.31. The maximum absolute atomic E-state index is 12.8. The number of carbonyl (C=O) groups is 1. The number of sulfonamides is 1. The third-order valence-corrected chi connectivity index (χ3v) is 6.90. The molecule has 1 saturated heterocycles. The molecule has 2 aromatic rings. The molecule has 1 amide bonds. The smallest absolute Gasteiger partial charge is 0.243 e. The maximum atomic E-state index is 12.8. The van der Waals surface area contributed by atoms with Crippen LogP contribution in [0.1, 0.15) is 12.8 Å². The van der Waals surface area contributed by atoms with Crippen molar-refractivity contribution in [2.45, 2.75) is 17.7 Å². The fourth-order valence-electron chi connectivity index (χ4n) is 3.00. The summed E-state index contributed by atoms with van der Waals surface area (Å²) in [6.07, 6.45) is 1.20. The number of benzene rings is 2. The fraction of sp³-hybridized carbons (Fsp3) is 0.278. The predicted molar refractivity (Wildman–Crippen MR) is 108 cm³/mol. The first-order valence-corrected chi connectivity index (χ1v) is 10.9. The van der Waals surface area contributed by atoms with Gasteiger partial charge in [-0.05, 0) is 55.3 Å². The number of hydrogen-bond acceptors (Lipinski definition) is 3. The molecule has 1 aliphatic rings. The summed E-state index contributed by atoms with van der Waals surface area (Å²) in [5.74, 6) is -0.720. The Morgan fingerprint density at radius 3 is 2.26 bits per heavy atom. The van der Waals surface area contributed by atoms with Gasteiger partial charge in [0.15, 0.2) is 0 Å². The van der Waals surface area contributed by atoms with Crippen LogP contribution in [0.4, 0.5) is 5.69 Å². The van der Waals surface area contributed by atoms with Gasteiger partial charge in [-0.15, -0.1) is 0 Å². The van der Waals surface area contributed by atoms with E-state index in [-0.39, 0.29) is 17.3 Å². The highest BCUT2D eigenvalue weighted by atomic mass is 35.5. The summed E-state index contributed by atoms with van der Waals surface area (Å²) in [5.41, 5.74) is 0.482. The van der Waals surface area contributed by atoms with Gasteiger partial charge in [-0.25, -0.2) is 8.42 Å². The number of carbonyl (C=O) groups excluding carboxylic acids is 1. The number of hydrogen-bond donors (Lipinski definition) is 1. The van der Waals surface area contributed by atoms with Crippen LogP contribution in [0.3, 0.4) is 0 Å². The zero-order chi connectivity index (χ0) is 19.6. The van der Waals surface area contributed by atoms with Crippen LogP contribution >= 0.6 is 34.8 Å². The van der Waals surface area contributed by atoms with Gasteiger partial charge in [-0.3, -0.25) is 4.79 Å². The van der Waals surface area contributed by atoms with Crippen molar-refractivity contribution in [1.82, 2.24) is 4.31 Å². The van der Waals surface area contributed by atoms with Gasteiger partial charge in [0.2, 0.25) is 15.9 Å². The van der Waals surface area contributed by atoms with Crippen molar-refractivity contribution in [3.63, 3.8) is 0 Å². The van der Waals surface area contributed by atoms with Gasteiger partial charge >= 0.3 is 0 Å². The van der Waals surface area contributed by atoms with Crippen LogP contribution in [-0.2, 0) is 14.8 Å². The lowest BCUT2D eigenvalue weighted by Crippen LogP contribution is -2.43. The summed E-state index contributed by atoms with van der Waals surface area (Å²) in [6.45, 7) is 0.489. The van der Waals surface area contributed by atoms with E-state index >= 15 is 0 Å². The van der Waals surface area contributed by atoms with Crippen LogP contribution in [0, 0.1) is 5.92 Å². The third-order valence-electron chi connectivity index (χ3n) is 4.34. The lowest BCUT2D eigenvalue weighted by atomic mass is 9.99. The molecular formula is C18H17Cl3N2O3S. The van der Waals surface area contributed by atoms with Crippen molar-refractivity contribution in [1.29, 1.82) is 0 Å². The average molecular weight is 448 g/mol. The van der Waals surface area contributed by atoms with Gasteiger partial charge in [0.25, 0.3) is 0 Å². The van der Waals surface area contributed by atoms with Gasteiger partial charge < -0.3 is 5.32 Å². The first-order valence-electron chi connectivity index (χ1n) is 8.28. The molecule has 5 nitrogen and oxygen atoms in total. The highest BCUT2D eigenvalue weighted by molar-refractivity contribution is 7.89. The topological polar surface area (TPSA) is 66.5 Å². The van der Waals surface area contributed by atoms with Gasteiger partial charge in [-0.2, -0.15) is 4.31 Å². The minimum atomic E-state index is -3.68. The zero-order valence-electron chi connectivity index (χ0n) is 14.2. The monoisotopic (exact) mass is 446 g/mol. The molecule has 0 radical (unpaired) electrons. The average Bonchev–Trinajstić information content (AvgIpc) is 2.61. The van der Waals surface area contributed by atoms with Gasteiger partial charge in [-0.1, -0.05) is 34.8 Å². The molecule has 0 saturated carbocycles. The first kappa shape index (κ1) is 20.4. The summed E-state index contributed by atoms with van der Waals surface area (Å²) in [7, 11) is -3.68. The minimum Gasteiger partial charge on any atom is -0.326 e. The molecule has 1 N–H and O–H groups in total. The second kappa shape index (κ2) is 8.37. The van der Waals surface area contributed by atoms with E-state index in [2.05, 4.69) is 5.32 Å². The van der Waals surface area contributed by atoms with Gasteiger partial charge in [0.05, 0.1) is 10.8 Å². The molecular weight excluding hydrogens is 431 g/mol. The van der Waals surface area contributed by atoms with E-state index in [9.17, 15) is 13.2 Å². The molecule has 0 unspecified atom stereocenters. The molecule has 0 bridgehead atoms. The number of amides is 1. The van der Waals surface area contributed by atoms with Crippen molar-refractivity contribution in [2.24, 2.45) is 5.92 Å². The second-order valence-corrected chi connectivity index (χ2v) is 9.55. The van der Waals surface area contributed by atoms with Crippen LogP contribution in [0.5, 0.6) is 0 Å². The molecule has 3 rings (SSSR count).